The molecule has 0 atom stereocenters. The van der Waals surface area contributed by atoms with Crippen LogP contribution in [0.15, 0.2) is 12.3 Å². The van der Waals surface area contributed by atoms with Gasteiger partial charge in [0.25, 0.3) is 0 Å². The summed E-state index contributed by atoms with van der Waals surface area (Å²) in [4.78, 5) is 11.5. The molecule has 0 aliphatic carbocycles. The molecule has 0 unspecified atom stereocenters. The molecular weight excluding hydrogens is 287 g/mol. The second-order valence-electron chi connectivity index (χ2n) is 4.57. The summed E-state index contributed by atoms with van der Waals surface area (Å²) in [6.07, 6.45) is -0.607. The lowest BCUT2D eigenvalue weighted by Gasteiger charge is -2.06. The van der Waals surface area contributed by atoms with Crippen molar-refractivity contribution < 1.29 is 22.7 Å². The fourth-order valence-electron chi connectivity index (χ4n) is 1.55. The van der Waals surface area contributed by atoms with Crippen LogP contribution in [0.2, 0.25) is 0 Å². The van der Waals surface area contributed by atoms with Crippen LogP contribution < -0.4 is 5.32 Å². The van der Waals surface area contributed by atoms with E-state index < -0.39 is 11.9 Å². The Kier molecular flexibility index (Phi) is 7.21. The van der Waals surface area contributed by atoms with Gasteiger partial charge in [0.1, 0.15) is 6.54 Å². The Morgan fingerprint density at radius 1 is 1.38 bits per heavy atom. The Morgan fingerprint density at radius 3 is 2.71 bits per heavy atom. The average Bonchev–Trinajstić information content (AvgIpc) is 2.86. The molecule has 1 rings (SSSR count). The Balaban J connectivity index is 2.18. The standard InChI is InChI=1S/C13H20F3N3O2/c1-2-3-8-21-9-4-6-17-12(20)10-19-7-5-11(18-19)13(14,15)16/h5,7H,2-4,6,8-10H2,1H3,(H,17,20). The lowest BCUT2D eigenvalue weighted by Crippen LogP contribution is -2.29. The molecule has 1 N–H and O–H groups in total. The lowest BCUT2D eigenvalue weighted by atomic mass is 10.3. The molecule has 0 fully saturated rings. The van der Waals surface area contributed by atoms with E-state index >= 15 is 0 Å². The number of ether oxygens (including phenoxy) is 1. The predicted molar refractivity (Wildman–Crippen MR) is 70.6 cm³/mol. The van der Waals surface area contributed by atoms with Crippen LogP contribution in [-0.4, -0.2) is 35.4 Å². The van der Waals surface area contributed by atoms with Gasteiger partial charge in [-0.2, -0.15) is 18.3 Å². The maximum absolute atomic E-state index is 12.3. The van der Waals surface area contributed by atoms with Crippen molar-refractivity contribution in [1.82, 2.24) is 15.1 Å². The van der Waals surface area contributed by atoms with Crippen LogP contribution >= 0.6 is 0 Å². The zero-order valence-corrected chi connectivity index (χ0v) is 11.9. The molecule has 1 heterocycles. The van der Waals surface area contributed by atoms with Crippen molar-refractivity contribution in [2.75, 3.05) is 19.8 Å². The second-order valence-corrected chi connectivity index (χ2v) is 4.57. The number of rotatable bonds is 9. The summed E-state index contributed by atoms with van der Waals surface area (Å²) in [5, 5.41) is 5.91. The minimum atomic E-state index is -4.49. The van der Waals surface area contributed by atoms with Crippen molar-refractivity contribution in [3.63, 3.8) is 0 Å². The Morgan fingerprint density at radius 2 is 2.10 bits per heavy atom. The Labute approximate surface area is 121 Å². The molecule has 21 heavy (non-hydrogen) atoms. The first-order valence-corrected chi connectivity index (χ1v) is 6.88. The number of nitrogens with zero attached hydrogens (tertiary/aromatic N) is 2. The number of hydrogen-bond donors (Lipinski definition) is 1. The molecular formula is C13H20F3N3O2. The summed E-state index contributed by atoms with van der Waals surface area (Å²) in [5.74, 6) is -0.375. The van der Waals surface area contributed by atoms with E-state index in [1.165, 1.54) is 0 Å². The molecule has 1 aromatic heterocycles. The van der Waals surface area contributed by atoms with Gasteiger partial charge in [-0.15, -0.1) is 0 Å². The van der Waals surface area contributed by atoms with Crippen LogP contribution in [0, 0.1) is 0 Å². The van der Waals surface area contributed by atoms with E-state index in [1.807, 2.05) is 0 Å². The molecule has 0 radical (unpaired) electrons. The van der Waals surface area contributed by atoms with E-state index in [4.69, 9.17) is 4.74 Å². The minimum Gasteiger partial charge on any atom is -0.381 e. The number of alkyl halides is 3. The van der Waals surface area contributed by atoms with Crippen LogP contribution in [0.1, 0.15) is 31.9 Å². The van der Waals surface area contributed by atoms with Crippen LogP contribution in [0.25, 0.3) is 0 Å². The van der Waals surface area contributed by atoms with Crippen molar-refractivity contribution in [3.05, 3.63) is 18.0 Å². The van der Waals surface area contributed by atoms with Crippen LogP contribution in [0.4, 0.5) is 13.2 Å². The summed E-state index contributed by atoms with van der Waals surface area (Å²) in [6, 6.07) is 0.842. The van der Waals surface area contributed by atoms with Gasteiger partial charge in [-0.1, -0.05) is 13.3 Å². The molecule has 5 nitrogen and oxygen atoms in total. The molecule has 0 aliphatic rings. The number of amides is 1. The lowest BCUT2D eigenvalue weighted by molar-refractivity contribution is -0.141. The third-order valence-corrected chi connectivity index (χ3v) is 2.67. The highest BCUT2D eigenvalue weighted by atomic mass is 19.4. The van der Waals surface area contributed by atoms with Crippen molar-refractivity contribution in [1.29, 1.82) is 0 Å². The van der Waals surface area contributed by atoms with Gasteiger partial charge in [0.2, 0.25) is 5.91 Å². The fraction of sp³-hybridized carbons (Fsp3) is 0.692. The molecule has 8 heteroatoms. The number of carbonyl (C=O) groups excluding carboxylic acids is 1. The first-order chi connectivity index (χ1) is 9.93. The largest absolute Gasteiger partial charge is 0.435 e. The highest BCUT2D eigenvalue weighted by Crippen LogP contribution is 2.27. The highest BCUT2D eigenvalue weighted by molar-refractivity contribution is 5.75. The summed E-state index contributed by atoms with van der Waals surface area (Å²) >= 11 is 0. The summed E-state index contributed by atoms with van der Waals surface area (Å²) < 4.78 is 43.3. The number of carbonyl (C=O) groups is 1. The van der Waals surface area contributed by atoms with E-state index in [9.17, 15) is 18.0 Å². The summed E-state index contributed by atoms with van der Waals surface area (Å²) in [5.41, 5.74) is -1.00. The molecule has 0 aliphatic heterocycles. The van der Waals surface area contributed by atoms with E-state index in [0.717, 1.165) is 29.8 Å². The molecule has 1 amide bonds. The molecule has 0 bridgehead atoms. The second kappa shape index (κ2) is 8.66. The van der Waals surface area contributed by atoms with Gasteiger partial charge in [-0.3, -0.25) is 9.48 Å². The Hall–Kier alpha value is -1.57. The maximum atomic E-state index is 12.3. The first kappa shape index (κ1) is 17.5. The topological polar surface area (TPSA) is 56.1 Å². The first-order valence-electron chi connectivity index (χ1n) is 6.88. The number of aromatic nitrogens is 2. The smallest absolute Gasteiger partial charge is 0.381 e. The van der Waals surface area contributed by atoms with Crippen molar-refractivity contribution in [2.45, 2.75) is 38.9 Å². The van der Waals surface area contributed by atoms with Gasteiger partial charge >= 0.3 is 6.18 Å². The van der Waals surface area contributed by atoms with E-state index in [2.05, 4.69) is 17.3 Å². The number of unbranched alkanes of at least 4 members (excludes halogenated alkanes) is 1. The highest BCUT2D eigenvalue weighted by Gasteiger charge is 2.33. The van der Waals surface area contributed by atoms with Gasteiger partial charge in [0, 0.05) is 26.0 Å². The maximum Gasteiger partial charge on any atom is 0.435 e. The minimum absolute atomic E-state index is 0.229. The van der Waals surface area contributed by atoms with Gasteiger partial charge in [-0.05, 0) is 18.9 Å². The molecule has 1 aromatic rings. The average molecular weight is 307 g/mol. The zero-order chi connectivity index (χ0) is 15.7. The number of halogens is 3. The van der Waals surface area contributed by atoms with Crippen molar-refractivity contribution in [3.8, 4) is 0 Å². The quantitative estimate of drug-likeness (QED) is 0.712. The third-order valence-electron chi connectivity index (χ3n) is 2.67. The molecule has 0 spiro atoms. The predicted octanol–water partition coefficient (Wildman–Crippen LogP) is 2.22. The van der Waals surface area contributed by atoms with E-state index in [1.54, 1.807) is 0 Å². The summed E-state index contributed by atoms with van der Waals surface area (Å²) in [6.45, 7) is 3.53. The van der Waals surface area contributed by atoms with Gasteiger partial charge in [-0.25, -0.2) is 0 Å². The monoisotopic (exact) mass is 307 g/mol. The fourth-order valence-corrected chi connectivity index (χ4v) is 1.55. The summed E-state index contributed by atoms with van der Waals surface area (Å²) in [7, 11) is 0. The van der Waals surface area contributed by atoms with Crippen LogP contribution in [-0.2, 0) is 22.3 Å². The van der Waals surface area contributed by atoms with Gasteiger partial charge in [0.05, 0.1) is 0 Å². The van der Waals surface area contributed by atoms with E-state index in [0.29, 0.717) is 26.2 Å². The zero-order valence-electron chi connectivity index (χ0n) is 11.9. The molecule has 120 valence electrons. The number of nitrogens with one attached hydrogen (secondary N) is 1. The SMILES string of the molecule is CCCCOCCCNC(=O)Cn1ccc(C(F)(F)F)n1. The van der Waals surface area contributed by atoms with Crippen molar-refractivity contribution in [2.24, 2.45) is 0 Å². The van der Waals surface area contributed by atoms with Gasteiger partial charge in [0.15, 0.2) is 5.69 Å². The molecule has 0 saturated heterocycles. The molecule has 0 saturated carbocycles. The third kappa shape index (κ3) is 7.12. The van der Waals surface area contributed by atoms with Crippen molar-refractivity contribution >= 4 is 5.91 Å². The van der Waals surface area contributed by atoms with Crippen LogP contribution in [0.5, 0.6) is 0 Å². The van der Waals surface area contributed by atoms with Crippen LogP contribution in [0.3, 0.4) is 0 Å². The number of hydrogen-bond acceptors (Lipinski definition) is 3. The normalized spacial score (nSPS) is 11.6. The Bertz CT molecular complexity index is 433. The van der Waals surface area contributed by atoms with E-state index in [-0.39, 0.29) is 12.5 Å². The molecule has 0 aromatic carbocycles. The van der Waals surface area contributed by atoms with Gasteiger partial charge < -0.3 is 10.1 Å².